The van der Waals surface area contributed by atoms with Crippen LogP contribution >= 0.6 is 0 Å². The number of hydrogen-bond acceptors (Lipinski definition) is 2. The van der Waals surface area contributed by atoms with Gasteiger partial charge in [-0.05, 0) is 26.3 Å². The lowest BCUT2D eigenvalue weighted by Gasteiger charge is -2.26. The Morgan fingerprint density at radius 3 is 2.46 bits per heavy atom. The van der Waals surface area contributed by atoms with Crippen molar-refractivity contribution in [3.05, 3.63) is 0 Å². The van der Waals surface area contributed by atoms with E-state index in [0.29, 0.717) is 12.6 Å². The molecule has 0 bridgehead atoms. The molecule has 0 aromatic carbocycles. The SMILES string of the molecule is CCCCN(CC(N)=O)C(C)CC. The van der Waals surface area contributed by atoms with Gasteiger partial charge in [-0.1, -0.05) is 20.3 Å². The molecule has 0 aliphatic carbocycles. The van der Waals surface area contributed by atoms with E-state index in [-0.39, 0.29) is 5.91 Å². The summed E-state index contributed by atoms with van der Waals surface area (Å²) in [5.74, 6) is -0.226. The Kier molecular flexibility index (Phi) is 6.59. The number of amides is 1. The van der Waals surface area contributed by atoms with Crippen molar-refractivity contribution in [1.82, 2.24) is 4.90 Å². The van der Waals surface area contributed by atoms with E-state index < -0.39 is 0 Å². The van der Waals surface area contributed by atoms with E-state index in [1.165, 1.54) is 0 Å². The lowest BCUT2D eigenvalue weighted by molar-refractivity contribution is -0.119. The molecule has 2 N–H and O–H groups in total. The first-order chi connectivity index (χ1) is 6.11. The highest BCUT2D eigenvalue weighted by Gasteiger charge is 2.13. The van der Waals surface area contributed by atoms with Crippen LogP contribution in [0, 0.1) is 0 Å². The highest BCUT2D eigenvalue weighted by molar-refractivity contribution is 5.75. The molecule has 1 unspecified atom stereocenters. The maximum absolute atomic E-state index is 10.8. The van der Waals surface area contributed by atoms with Gasteiger partial charge in [0.25, 0.3) is 0 Å². The average molecular weight is 186 g/mol. The first-order valence-electron chi connectivity index (χ1n) is 5.14. The molecule has 3 heteroatoms. The van der Waals surface area contributed by atoms with Gasteiger partial charge in [0.1, 0.15) is 0 Å². The molecule has 0 fully saturated rings. The molecule has 0 aromatic heterocycles. The van der Waals surface area contributed by atoms with Gasteiger partial charge in [-0.25, -0.2) is 0 Å². The van der Waals surface area contributed by atoms with E-state index in [9.17, 15) is 4.79 Å². The molecule has 0 aliphatic rings. The molecule has 1 amide bonds. The zero-order chi connectivity index (χ0) is 10.3. The van der Waals surface area contributed by atoms with Crippen LogP contribution in [-0.2, 0) is 4.79 Å². The summed E-state index contributed by atoms with van der Waals surface area (Å²) in [7, 11) is 0. The number of hydrogen-bond donors (Lipinski definition) is 1. The highest BCUT2D eigenvalue weighted by Crippen LogP contribution is 2.04. The molecule has 0 aliphatic heterocycles. The summed E-state index contributed by atoms with van der Waals surface area (Å²) in [6.45, 7) is 7.80. The fraction of sp³-hybridized carbons (Fsp3) is 0.900. The number of nitrogens with zero attached hydrogens (tertiary/aromatic N) is 1. The Hall–Kier alpha value is -0.570. The largest absolute Gasteiger partial charge is 0.369 e. The summed E-state index contributed by atoms with van der Waals surface area (Å²) >= 11 is 0. The fourth-order valence-corrected chi connectivity index (χ4v) is 1.27. The molecule has 0 radical (unpaired) electrons. The molecule has 0 rings (SSSR count). The van der Waals surface area contributed by atoms with Gasteiger partial charge >= 0.3 is 0 Å². The zero-order valence-corrected chi connectivity index (χ0v) is 9.05. The summed E-state index contributed by atoms with van der Waals surface area (Å²) in [5, 5.41) is 0. The maximum atomic E-state index is 10.8. The van der Waals surface area contributed by atoms with Crippen molar-refractivity contribution in [3.8, 4) is 0 Å². The van der Waals surface area contributed by atoms with E-state index in [1.807, 2.05) is 0 Å². The molecule has 0 spiro atoms. The molecular formula is C10H22N2O. The maximum Gasteiger partial charge on any atom is 0.231 e. The summed E-state index contributed by atoms with van der Waals surface area (Å²) < 4.78 is 0. The van der Waals surface area contributed by atoms with Crippen LogP contribution < -0.4 is 5.73 Å². The van der Waals surface area contributed by atoms with E-state index in [0.717, 1.165) is 25.8 Å². The summed E-state index contributed by atoms with van der Waals surface area (Å²) in [6.07, 6.45) is 3.36. The molecule has 78 valence electrons. The topological polar surface area (TPSA) is 46.3 Å². The van der Waals surface area contributed by atoms with Gasteiger partial charge < -0.3 is 5.73 Å². The van der Waals surface area contributed by atoms with Crippen LogP contribution in [0.15, 0.2) is 0 Å². The third-order valence-electron chi connectivity index (χ3n) is 2.37. The quantitative estimate of drug-likeness (QED) is 0.652. The van der Waals surface area contributed by atoms with E-state index in [2.05, 4.69) is 25.7 Å². The van der Waals surface area contributed by atoms with Crippen LogP contribution in [0.5, 0.6) is 0 Å². The standard InChI is InChI=1S/C10H22N2O/c1-4-6-7-12(8-10(11)13)9(3)5-2/h9H,4-8H2,1-3H3,(H2,11,13). The number of primary amides is 1. The van der Waals surface area contributed by atoms with Crippen LogP contribution in [-0.4, -0.2) is 29.9 Å². The lowest BCUT2D eigenvalue weighted by atomic mass is 10.2. The Morgan fingerprint density at radius 1 is 1.46 bits per heavy atom. The predicted molar refractivity (Wildman–Crippen MR) is 55.4 cm³/mol. The van der Waals surface area contributed by atoms with E-state index in [4.69, 9.17) is 5.73 Å². The second kappa shape index (κ2) is 6.89. The smallest absolute Gasteiger partial charge is 0.231 e. The summed E-state index contributed by atoms with van der Waals surface area (Å²) in [6, 6.07) is 0.457. The van der Waals surface area contributed by atoms with Crippen molar-refractivity contribution in [2.75, 3.05) is 13.1 Å². The molecular weight excluding hydrogens is 164 g/mol. The number of carbonyl (C=O) groups is 1. The van der Waals surface area contributed by atoms with Crippen molar-refractivity contribution in [2.45, 2.75) is 46.1 Å². The minimum Gasteiger partial charge on any atom is -0.369 e. The fourth-order valence-electron chi connectivity index (χ4n) is 1.27. The van der Waals surface area contributed by atoms with Gasteiger partial charge in [-0.2, -0.15) is 0 Å². The minimum absolute atomic E-state index is 0.226. The third-order valence-corrected chi connectivity index (χ3v) is 2.37. The molecule has 13 heavy (non-hydrogen) atoms. The molecule has 3 nitrogen and oxygen atoms in total. The van der Waals surface area contributed by atoms with Gasteiger partial charge in [-0.3, -0.25) is 9.69 Å². The van der Waals surface area contributed by atoms with Crippen molar-refractivity contribution in [2.24, 2.45) is 5.73 Å². The van der Waals surface area contributed by atoms with E-state index in [1.54, 1.807) is 0 Å². The first-order valence-corrected chi connectivity index (χ1v) is 5.14. The van der Waals surface area contributed by atoms with Gasteiger partial charge in [0.15, 0.2) is 0 Å². The van der Waals surface area contributed by atoms with Crippen LogP contribution in [0.2, 0.25) is 0 Å². The van der Waals surface area contributed by atoms with Gasteiger partial charge in [-0.15, -0.1) is 0 Å². The van der Waals surface area contributed by atoms with Crippen LogP contribution in [0.1, 0.15) is 40.0 Å². The number of nitrogens with two attached hydrogens (primary N) is 1. The highest BCUT2D eigenvalue weighted by atomic mass is 16.1. The molecule has 0 heterocycles. The molecule has 0 aromatic rings. The van der Waals surface area contributed by atoms with Crippen molar-refractivity contribution < 1.29 is 4.79 Å². The van der Waals surface area contributed by atoms with Gasteiger partial charge in [0, 0.05) is 6.04 Å². The van der Waals surface area contributed by atoms with Crippen LogP contribution in [0.4, 0.5) is 0 Å². The van der Waals surface area contributed by atoms with Gasteiger partial charge in [0.05, 0.1) is 6.54 Å². The molecule has 1 atom stereocenters. The summed E-state index contributed by atoms with van der Waals surface area (Å²) in [5.41, 5.74) is 5.18. The molecule has 0 saturated carbocycles. The monoisotopic (exact) mass is 186 g/mol. The van der Waals surface area contributed by atoms with Crippen LogP contribution in [0.25, 0.3) is 0 Å². The Morgan fingerprint density at radius 2 is 2.08 bits per heavy atom. The average Bonchev–Trinajstić information content (AvgIpc) is 2.10. The predicted octanol–water partition coefficient (Wildman–Crippen LogP) is 1.37. The Balaban J connectivity index is 3.94. The van der Waals surface area contributed by atoms with Crippen molar-refractivity contribution in [1.29, 1.82) is 0 Å². The second-order valence-electron chi connectivity index (χ2n) is 3.55. The van der Waals surface area contributed by atoms with E-state index >= 15 is 0 Å². The number of rotatable bonds is 7. The lowest BCUT2D eigenvalue weighted by Crippen LogP contribution is -2.40. The summed E-state index contributed by atoms with van der Waals surface area (Å²) in [4.78, 5) is 12.9. The Labute approximate surface area is 81.3 Å². The second-order valence-corrected chi connectivity index (χ2v) is 3.55. The third kappa shape index (κ3) is 5.64. The first kappa shape index (κ1) is 12.4. The van der Waals surface area contributed by atoms with Crippen LogP contribution in [0.3, 0.4) is 0 Å². The normalized spacial score (nSPS) is 13.2. The van der Waals surface area contributed by atoms with Crippen molar-refractivity contribution >= 4 is 5.91 Å². The molecule has 0 saturated heterocycles. The Bertz CT molecular complexity index is 148. The number of unbranched alkanes of at least 4 members (excludes halogenated alkanes) is 1. The number of carbonyl (C=O) groups excluding carboxylic acids is 1. The van der Waals surface area contributed by atoms with Crippen molar-refractivity contribution in [3.63, 3.8) is 0 Å². The van der Waals surface area contributed by atoms with Gasteiger partial charge in [0.2, 0.25) is 5.91 Å². The minimum atomic E-state index is -0.226. The zero-order valence-electron chi connectivity index (χ0n) is 9.05.